The number of nitrogens with one attached hydrogen (secondary N) is 1. The van der Waals surface area contributed by atoms with Gasteiger partial charge >= 0.3 is 0 Å². The summed E-state index contributed by atoms with van der Waals surface area (Å²) >= 11 is 10.1. The Balaban J connectivity index is 2.22. The lowest BCUT2D eigenvalue weighted by atomic mass is 10.2. The summed E-state index contributed by atoms with van der Waals surface area (Å²) in [5.74, 6) is 0.183. The van der Waals surface area contributed by atoms with E-state index in [0.717, 1.165) is 0 Å². The highest BCUT2D eigenvalue weighted by Crippen LogP contribution is 2.20. The fourth-order valence-electron chi connectivity index (χ4n) is 1.35. The molecule has 2 rings (SSSR count). The molecule has 1 N–H and O–H groups in total. The molecule has 0 radical (unpaired) electrons. The standard InChI is InChI=1S/C11H10ClN3OS/c1-15-5-4-10(14-15)13-11(16)8-6-7(17)2-3-9(8)12/h2-6,17H,1H3,(H,13,14,16). The van der Waals surface area contributed by atoms with E-state index in [9.17, 15) is 4.79 Å². The molecule has 0 fully saturated rings. The third-order valence-corrected chi connectivity index (χ3v) is 2.76. The van der Waals surface area contributed by atoms with E-state index in [1.54, 1.807) is 42.2 Å². The minimum Gasteiger partial charge on any atom is -0.305 e. The second-order valence-corrected chi connectivity index (χ2v) is 4.42. The molecule has 0 aliphatic rings. The van der Waals surface area contributed by atoms with Crippen LogP contribution >= 0.6 is 24.2 Å². The quantitative estimate of drug-likeness (QED) is 0.822. The van der Waals surface area contributed by atoms with E-state index in [2.05, 4.69) is 23.0 Å². The fraction of sp³-hybridized carbons (Fsp3) is 0.0909. The molecule has 6 heteroatoms. The third-order valence-electron chi connectivity index (χ3n) is 2.15. The molecule has 0 aliphatic heterocycles. The van der Waals surface area contributed by atoms with Crippen LogP contribution in [0, 0.1) is 0 Å². The van der Waals surface area contributed by atoms with Gasteiger partial charge in [0.25, 0.3) is 5.91 Å². The smallest absolute Gasteiger partial charge is 0.258 e. The van der Waals surface area contributed by atoms with Crippen molar-refractivity contribution in [2.75, 3.05) is 5.32 Å². The van der Waals surface area contributed by atoms with Crippen LogP contribution in [0.5, 0.6) is 0 Å². The first-order valence-corrected chi connectivity index (χ1v) is 5.68. The van der Waals surface area contributed by atoms with Crippen molar-refractivity contribution in [3.8, 4) is 0 Å². The van der Waals surface area contributed by atoms with Gasteiger partial charge < -0.3 is 5.32 Å². The number of benzene rings is 1. The number of hydrogen-bond acceptors (Lipinski definition) is 3. The zero-order valence-corrected chi connectivity index (χ0v) is 10.7. The van der Waals surface area contributed by atoms with Gasteiger partial charge in [0.2, 0.25) is 0 Å². The lowest BCUT2D eigenvalue weighted by molar-refractivity contribution is 0.102. The number of anilines is 1. The molecule has 2 aromatic rings. The zero-order chi connectivity index (χ0) is 12.4. The average molecular weight is 268 g/mol. The molecule has 17 heavy (non-hydrogen) atoms. The Kier molecular flexibility index (Phi) is 3.40. The Labute approximate surface area is 109 Å². The predicted octanol–water partition coefficient (Wildman–Crippen LogP) is 2.61. The van der Waals surface area contributed by atoms with Crippen molar-refractivity contribution in [1.82, 2.24) is 9.78 Å². The summed E-state index contributed by atoms with van der Waals surface area (Å²) in [5, 5.41) is 7.09. The van der Waals surface area contributed by atoms with Gasteiger partial charge in [0, 0.05) is 24.2 Å². The Morgan fingerprint density at radius 2 is 2.24 bits per heavy atom. The monoisotopic (exact) mass is 267 g/mol. The highest BCUT2D eigenvalue weighted by molar-refractivity contribution is 7.80. The summed E-state index contributed by atoms with van der Waals surface area (Å²) < 4.78 is 1.60. The van der Waals surface area contributed by atoms with Gasteiger partial charge in [-0.05, 0) is 18.2 Å². The number of nitrogens with zero attached hydrogens (tertiary/aromatic N) is 2. The van der Waals surface area contributed by atoms with Crippen molar-refractivity contribution in [3.05, 3.63) is 41.0 Å². The molecule has 0 saturated carbocycles. The lowest BCUT2D eigenvalue weighted by Gasteiger charge is -2.04. The van der Waals surface area contributed by atoms with Crippen molar-refractivity contribution >= 4 is 36.0 Å². The van der Waals surface area contributed by atoms with Crippen LogP contribution in [0.25, 0.3) is 0 Å². The van der Waals surface area contributed by atoms with Crippen molar-refractivity contribution in [2.45, 2.75) is 4.90 Å². The number of thiol groups is 1. The molecular weight excluding hydrogens is 258 g/mol. The number of rotatable bonds is 2. The van der Waals surface area contributed by atoms with E-state index in [1.807, 2.05) is 0 Å². The number of amides is 1. The molecule has 0 aliphatic carbocycles. The maximum Gasteiger partial charge on any atom is 0.258 e. The van der Waals surface area contributed by atoms with E-state index >= 15 is 0 Å². The first kappa shape index (κ1) is 12.0. The minimum atomic E-state index is -0.301. The number of carbonyl (C=O) groups is 1. The lowest BCUT2D eigenvalue weighted by Crippen LogP contribution is -2.13. The molecular formula is C11H10ClN3OS. The van der Waals surface area contributed by atoms with Crippen LogP contribution in [0.4, 0.5) is 5.82 Å². The normalized spacial score (nSPS) is 10.3. The number of aromatic nitrogens is 2. The number of aryl methyl sites for hydroxylation is 1. The topological polar surface area (TPSA) is 46.9 Å². The molecule has 1 aromatic carbocycles. The van der Waals surface area contributed by atoms with Crippen molar-refractivity contribution in [1.29, 1.82) is 0 Å². The summed E-state index contributed by atoms with van der Waals surface area (Å²) in [6, 6.07) is 6.68. The average Bonchev–Trinajstić information content (AvgIpc) is 2.67. The van der Waals surface area contributed by atoms with Crippen LogP contribution < -0.4 is 5.32 Å². The van der Waals surface area contributed by atoms with Crippen LogP contribution in [0.15, 0.2) is 35.4 Å². The van der Waals surface area contributed by atoms with E-state index in [1.165, 1.54) is 0 Å². The van der Waals surface area contributed by atoms with E-state index in [4.69, 9.17) is 11.6 Å². The van der Waals surface area contributed by atoms with Gasteiger partial charge in [-0.1, -0.05) is 11.6 Å². The SMILES string of the molecule is Cn1ccc(NC(=O)c2cc(S)ccc2Cl)n1. The van der Waals surface area contributed by atoms with Gasteiger partial charge in [-0.3, -0.25) is 9.48 Å². The summed E-state index contributed by atoms with van der Waals surface area (Å²) in [4.78, 5) is 12.6. The predicted molar refractivity (Wildman–Crippen MR) is 69.9 cm³/mol. The molecule has 1 amide bonds. The molecule has 0 atom stereocenters. The zero-order valence-electron chi connectivity index (χ0n) is 9.01. The Bertz CT molecular complexity index is 568. The van der Waals surface area contributed by atoms with E-state index in [0.29, 0.717) is 21.3 Å². The first-order chi connectivity index (χ1) is 8.06. The molecule has 0 spiro atoms. The van der Waals surface area contributed by atoms with Gasteiger partial charge in [0.05, 0.1) is 10.6 Å². The van der Waals surface area contributed by atoms with E-state index in [-0.39, 0.29) is 5.91 Å². The van der Waals surface area contributed by atoms with Crippen LogP contribution in [0.2, 0.25) is 5.02 Å². The maximum atomic E-state index is 11.9. The summed E-state index contributed by atoms with van der Waals surface area (Å²) in [5.41, 5.74) is 0.379. The molecule has 0 saturated heterocycles. The van der Waals surface area contributed by atoms with Gasteiger partial charge in [-0.25, -0.2) is 0 Å². The van der Waals surface area contributed by atoms with Crippen LogP contribution in [0.3, 0.4) is 0 Å². The van der Waals surface area contributed by atoms with Crippen LogP contribution in [-0.2, 0) is 7.05 Å². The highest BCUT2D eigenvalue weighted by atomic mass is 35.5. The molecule has 88 valence electrons. The van der Waals surface area contributed by atoms with Crippen molar-refractivity contribution in [2.24, 2.45) is 7.05 Å². The van der Waals surface area contributed by atoms with Gasteiger partial charge in [0.15, 0.2) is 5.82 Å². The summed E-state index contributed by atoms with van der Waals surface area (Å²) in [6.07, 6.45) is 1.74. The third kappa shape index (κ3) is 2.81. The Morgan fingerprint density at radius 1 is 1.47 bits per heavy atom. The Morgan fingerprint density at radius 3 is 2.88 bits per heavy atom. The van der Waals surface area contributed by atoms with Gasteiger partial charge in [-0.2, -0.15) is 5.10 Å². The van der Waals surface area contributed by atoms with Crippen LogP contribution in [0.1, 0.15) is 10.4 Å². The molecule has 1 heterocycles. The largest absolute Gasteiger partial charge is 0.305 e. The van der Waals surface area contributed by atoms with Crippen LogP contribution in [-0.4, -0.2) is 15.7 Å². The van der Waals surface area contributed by atoms with Crippen molar-refractivity contribution in [3.63, 3.8) is 0 Å². The number of carbonyl (C=O) groups excluding carboxylic acids is 1. The van der Waals surface area contributed by atoms with E-state index < -0.39 is 0 Å². The summed E-state index contributed by atoms with van der Waals surface area (Å²) in [6.45, 7) is 0. The fourth-order valence-corrected chi connectivity index (χ4v) is 1.76. The number of hydrogen-bond donors (Lipinski definition) is 2. The van der Waals surface area contributed by atoms with Crippen molar-refractivity contribution < 1.29 is 4.79 Å². The second kappa shape index (κ2) is 4.81. The van der Waals surface area contributed by atoms with Gasteiger partial charge in [-0.15, -0.1) is 12.6 Å². The minimum absolute atomic E-state index is 0.301. The van der Waals surface area contributed by atoms with Gasteiger partial charge in [0.1, 0.15) is 0 Å². The number of halogens is 1. The molecule has 4 nitrogen and oxygen atoms in total. The maximum absolute atomic E-state index is 11.9. The molecule has 1 aromatic heterocycles. The summed E-state index contributed by atoms with van der Waals surface area (Å²) in [7, 11) is 1.77. The highest BCUT2D eigenvalue weighted by Gasteiger charge is 2.11. The molecule has 0 bridgehead atoms. The first-order valence-electron chi connectivity index (χ1n) is 4.86. The Hall–Kier alpha value is -1.46. The second-order valence-electron chi connectivity index (χ2n) is 3.49. The molecule has 0 unspecified atom stereocenters.